The molecule has 0 saturated heterocycles. The molecule has 3 aromatic rings. The van der Waals surface area contributed by atoms with E-state index in [4.69, 9.17) is 0 Å². The second-order valence-electron chi connectivity index (χ2n) is 5.30. The van der Waals surface area contributed by atoms with Crippen LogP contribution < -0.4 is 10.5 Å². The number of aromatic hydroxyl groups is 1. The van der Waals surface area contributed by atoms with Gasteiger partial charge in [-0.1, -0.05) is 65.5 Å². The predicted octanol–water partition coefficient (Wildman–Crippen LogP) is 5.21. The number of fused-ring (bicyclic) bond motifs is 1. The number of hydrogen-bond acceptors (Lipinski definition) is 3. The average Bonchev–Trinajstić information content (AvgIpc) is 2.75. The summed E-state index contributed by atoms with van der Waals surface area (Å²) in [6.07, 6.45) is 0. The molecule has 0 bridgehead atoms. The fourth-order valence-corrected chi connectivity index (χ4v) is 2.61. The molecule has 0 aliphatic rings. The largest absolute Gasteiger partial charge is 0.506 e. The number of amides is 1. The van der Waals surface area contributed by atoms with Crippen LogP contribution in [0.25, 0.3) is 10.9 Å². The molecular formula is C23H32N2O3. The standard InChI is InChI=1S/C18H16N2O3.2C2H6.CH4/c1-19(12-8-4-3-5-9-12)17(22)15-16(21)13-10-6-7-11-14(13)20(2)18(15)23;2*1-2;/h3-11,21H,1-2H3;2*1-2H3;1H4. The number of rotatable bonds is 2. The van der Waals surface area contributed by atoms with Gasteiger partial charge in [0, 0.05) is 25.2 Å². The predicted molar refractivity (Wildman–Crippen MR) is 119 cm³/mol. The van der Waals surface area contributed by atoms with E-state index in [1.165, 1.54) is 9.47 Å². The van der Waals surface area contributed by atoms with Gasteiger partial charge in [-0.2, -0.15) is 0 Å². The Morgan fingerprint density at radius 1 is 0.929 bits per heavy atom. The molecule has 1 N–H and O–H groups in total. The number of aryl methyl sites for hydroxylation is 1. The molecule has 152 valence electrons. The third-order valence-electron chi connectivity index (χ3n) is 3.94. The molecule has 1 amide bonds. The lowest BCUT2D eigenvalue weighted by Crippen LogP contribution is -2.34. The normalized spacial score (nSPS) is 9.21. The first-order valence-electron chi connectivity index (χ1n) is 9.16. The maximum absolute atomic E-state index is 12.7. The van der Waals surface area contributed by atoms with Crippen molar-refractivity contribution >= 4 is 22.5 Å². The van der Waals surface area contributed by atoms with Crippen molar-refractivity contribution < 1.29 is 9.90 Å². The smallest absolute Gasteiger partial charge is 0.267 e. The molecule has 0 aliphatic carbocycles. The van der Waals surface area contributed by atoms with Crippen LogP contribution in [-0.2, 0) is 7.05 Å². The second-order valence-corrected chi connectivity index (χ2v) is 5.30. The highest BCUT2D eigenvalue weighted by atomic mass is 16.3. The molecule has 0 saturated carbocycles. The maximum atomic E-state index is 12.7. The van der Waals surface area contributed by atoms with Gasteiger partial charge in [-0.3, -0.25) is 9.59 Å². The molecule has 5 nitrogen and oxygen atoms in total. The lowest BCUT2D eigenvalue weighted by Gasteiger charge is -2.19. The number of carbonyl (C=O) groups excluding carboxylic acids is 1. The Labute approximate surface area is 167 Å². The topological polar surface area (TPSA) is 62.5 Å². The number of benzene rings is 2. The van der Waals surface area contributed by atoms with Gasteiger partial charge in [0.25, 0.3) is 11.5 Å². The minimum absolute atomic E-state index is 0. The Hall–Kier alpha value is -3.08. The van der Waals surface area contributed by atoms with Crippen molar-refractivity contribution in [3.8, 4) is 5.75 Å². The summed E-state index contributed by atoms with van der Waals surface area (Å²) in [6.45, 7) is 8.00. The lowest BCUT2D eigenvalue weighted by molar-refractivity contribution is 0.0988. The van der Waals surface area contributed by atoms with Crippen LogP contribution in [0.3, 0.4) is 0 Å². The summed E-state index contributed by atoms with van der Waals surface area (Å²) in [7, 11) is 3.16. The van der Waals surface area contributed by atoms with E-state index >= 15 is 0 Å². The minimum atomic E-state index is -0.542. The highest BCUT2D eigenvalue weighted by molar-refractivity contribution is 6.10. The number of anilines is 1. The molecule has 0 atom stereocenters. The van der Waals surface area contributed by atoms with Gasteiger partial charge in [0.05, 0.1) is 5.52 Å². The van der Waals surface area contributed by atoms with E-state index in [1.807, 2.05) is 33.8 Å². The first-order valence-corrected chi connectivity index (χ1v) is 9.16. The van der Waals surface area contributed by atoms with Crippen LogP contribution in [0.4, 0.5) is 5.69 Å². The van der Waals surface area contributed by atoms with Crippen LogP contribution in [0, 0.1) is 0 Å². The molecule has 0 aliphatic heterocycles. The number of nitrogens with zero attached hydrogens (tertiary/aromatic N) is 2. The SMILES string of the molecule is C.CC.CC.CN(C(=O)c1c(O)c2ccccc2n(C)c1=O)c1ccccc1. The summed E-state index contributed by atoms with van der Waals surface area (Å²) in [5, 5.41) is 10.9. The monoisotopic (exact) mass is 384 g/mol. The summed E-state index contributed by atoms with van der Waals surface area (Å²) in [6, 6.07) is 15.9. The second kappa shape index (κ2) is 11.6. The van der Waals surface area contributed by atoms with Crippen LogP contribution >= 0.6 is 0 Å². The molecule has 2 aromatic carbocycles. The van der Waals surface area contributed by atoms with Crippen molar-refractivity contribution in [1.82, 2.24) is 4.57 Å². The van der Waals surface area contributed by atoms with Gasteiger partial charge >= 0.3 is 0 Å². The van der Waals surface area contributed by atoms with Gasteiger partial charge in [0.2, 0.25) is 0 Å². The van der Waals surface area contributed by atoms with E-state index in [1.54, 1.807) is 62.6 Å². The van der Waals surface area contributed by atoms with Crippen molar-refractivity contribution in [2.75, 3.05) is 11.9 Å². The molecule has 28 heavy (non-hydrogen) atoms. The zero-order valence-electron chi connectivity index (χ0n) is 16.9. The summed E-state index contributed by atoms with van der Waals surface area (Å²) in [4.78, 5) is 26.6. The lowest BCUT2D eigenvalue weighted by atomic mass is 10.1. The number of hydrogen-bond donors (Lipinski definition) is 1. The van der Waals surface area contributed by atoms with E-state index in [0.29, 0.717) is 16.6 Å². The van der Waals surface area contributed by atoms with Gasteiger partial charge < -0.3 is 14.6 Å². The van der Waals surface area contributed by atoms with Crippen molar-refractivity contribution in [2.45, 2.75) is 35.1 Å². The van der Waals surface area contributed by atoms with Crippen molar-refractivity contribution in [3.63, 3.8) is 0 Å². The van der Waals surface area contributed by atoms with E-state index < -0.39 is 11.5 Å². The molecule has 1 heterocycles. The molecule has 5 heteroatoms. The summed E-state index contributed by atoms with van der Waals surface area (Å²) < 4.78 is 1.38. The summed E-state index contributed by atoms with van der Waals surface area (Å²) >= 11 is 0. The van der Waals surface area contributed by atoms with Crippen molar-refractivity contribution in [3.05, 3.63) is 70.5 Å². The first-order chi connectivity index (χ1) is 13.0. The summed E-state index contributed by atoms with van der Waals surface area (Å²) in [5.41, 5.74) is 0.479. The molecular weight excluding hydrogens is 352 g/mol. The quantitative estimate of drug-likeness (QED) is 0.660. The zero-order valence-corrected chi connectivity index (χ0v) is 16.9. The Morgan fingerprint density at radius 3 is 2.00 bits per heavy atom. The van der Waals surface area contributed by atoms with Crippen LogP contribution in [-0.4, -0.2) is 22.6 Å². The third kappa shape index (κ3) is 4.80. The highest BCUT2D eigenvalue weighted by Gasteiger charge is 2.24. The third-order valence-corrected chi connectivity index (χ3v) is 3.94. The van der Waals surface area contributed by atoms with Gasteiger partial charge in [-0.15, -0.1) is 0 Å². The summed E-state index contributed by atoms with van der Waals surface area (Å²) in [5.74, 6) is -0.823. The van der Waals surface area contributed by atoms with Crippen LogP contribution in [0.15, 0.2) is 59.4 Å². The van der Waals surface area contributed by atoms with Crippen LogP contribution in [0.1, 0.15) is 45.5 Å². The molecule has 0 radical (unpaired) electrons. The molecule has 0 spiro atoms. The van der Waals surface area contributed by atoms with E-state index in [-0.39, 0.29) is 18.7 Å². The Kier molecular flexibility index (Phi) is 10.3. The first kappa shape index (κ1) is 24.9. The van der Waals surface area contributed by atoms with Crippen LogP contribution in [0.2, 0.25) is 0 Å². The fraction of sp³-hybridized carbons (Fsp3) is 0.304. The number of aromatic nitrogens is 1. The zero-order chi connectivity index (χ0) is 20.6. The average molecular weight is 385 g/mol. The molecule has 1 aromatic heterocycles. The van der Waals surface area contributed by atoms with Gasteiger partial charge in [-0.25, -0.2) is 0 Å². The number of pyridine rings is 1. The molecule has 3 rings (SSSR count). The van der Waals surface area contributed by atoms with Gasteiger partial charge in [0.1, 0.15) is 11.3 Å². The fourth-order valence-electron chi connectivity index (χ4n) is 2.61. The number of carbonyl (C=O) groups is 1. The maximum Gasteiger partial charge on any atom is 0.267 e. The van der Waals surface area contributed by atoms with Gasteiger partial charge in [0.15, 0.2) is 0 Å². The van der Waals surface area contributed by atoms with Crippen molar-refractivity contribution in [1.29, 1.82) is 0 Å². The van der Waals surface area contributed by atoms with Crippen LogP contribution in [0.5, 0.6) is 5.75 Å². The number of para-hydroxylation sites is 2. The Balaban J connectivity index is 0.00000137. The van der Waals surface area contributed by atoms with E-state index in [2.05, 4.69) is 0 Å². The van der Waals surface area contributed by atoms with Gasteiger partial charge in [-0.05, 0) is 24.3 Å². The van der Waals surface area contributed by atoms with E-state index in [0.717, 1.165) is 0 Å². The minimum Gasteiger partial charge on any atom is -0.506 e. The molecule has 0 unspecified atom stereocenters. The highest BCUT2D eigenvalue weighted by Crippen LogP contribution is 2.27. The Bertz CT molecular complexity index is 947. The Morgan fingerprint density at radius 2 is 1.43 bits per heavy atom. The molecule has 0 fully saturated rings. The van der Waals surface area contributed by atoms with E-state index in [9.17, 15) is 14.7 Å². The van der Waals surface area contributed by atoms with Crippen molar-refractivity contribution in [2.24, 2.45) is 7.05 Å².